The van der Waals surface area contributed by atoms with Gasteiger partial charge in [-0.15, -0.1) is 13.2 Å². The van der Waals surface area contributed by atoms with Gasteiger partial charge in [-0.3, -0.25) is 0 Å². The molecule has 0 aliphatic carbocycles. The van der Waals surface area contributed by atoms with Gasteiger partial charge in [-0.25, -0.2) is 9.59 Å². The monoisotopic (exact) mass is 701 g/mol. The highest BCUT2D eigenvalue weighted by atomic mass is 35.5. The lowest BCUT2D eigenvalue weighted by atomic mass is 10.1. The molecule has 2 amide bonds. The Hall–Kier alpha value is -5.94. The first-order valence-corrected chi connectivity index (χ1v) is 15.6. The maximum Gasteiger partial charge on any atom is 0.573 e. The van der Waals surface area contributed by atoms with Crippen LogP contribution in [0.25, 0.3) is 16.5 Å². The molecule has 0 radical (unpaired) electrons. The van der Waals surface area contributed by atoms with Crippen molar-refractivity contribution in [3.63, 3.8) is 0 Å². The molecule has 0 aliphatic rings. The molecule has 50 heavy (non-hydrogen) atoms. The molecule has 0 fully saturated rings. The molecule has 5 aromatic carbocycles. The molecule has 1 aromatic heterocycles. The van der Waals surface area contributed by atoms with Crippen LogP contribution in [-0.2, 0) is 13.1 Å². The Bertz CT molecular complexity index is 2020. The number of hydrogen-bond acceptors (Lipinski definition) is 5. The molecule has 2 N–H and O–H groups in total. The fourth-order valence-corrected chi connectivity index (χ4v) is 4.84. The SMILES string of the molecule is Cc1ccc2ccccc2c1OC(=O)NCc1ccc(OC(F)(F)F)cc1.O=C(NCc1ccc(Cl)cc1)Oc1ccc(-n2cccc2)cc1. The van der Waals surface area contributed by atoms with E-state index in [2.05, 4.69) is 15.4 Å². The highest BCUT2D eigenvalue weighted by Crippen LogP contribution is 2.29. The Morgan fingerprint density at radius 2 is 1.24 bits per heavy atom. The molecular weight excluding hydrogens is 671 g/mol. The Kier molecular flexibility index (Phi) is 11.6. The Morgan fingerprint density at radius 1 is 0.680 bits per heavy atom. The molecule has 8 nitrogen and oxygen atoms in total. The predicted octanol–water partition coefficient (Wildman–Crippen LogP) is 9.75. The van der Waals surface area contributed by atoms with E-state index in [-0.39, 0.29) is 12.3 Å². The number of halogens is 4. The van der Waals surface area contributed by atoms with E-state index in [0.29, 0.717) is 28.6 Å². The second kappa shape index (κ2) is 16.4. The molecule has 12 heteroatoms. The van der Waals surface area contributed by atoms with Gasteiger partial charge < -0.3 is 29.4 Å². The number of nitrogens with zero attached hydrogens (tertiary/aromatic N) is 1. The number of aryl methyl sites for hydroxylation is 1. The lowest BCUT2D eigenvalue weighted by Crippen LogP contribution is -2.26. The lowest BCUT2D eigenvalue weighted by Gasteiger charge is -2.12. The second-order valence-corrected chi connectivity index (χ2v) is 11.3. The van der Waals surface area contributed by atoms with Crippen LogP contribution >= 0.6 is 11.6 Å². The summed E-state index contributed by atoms with van der Waals surface area (Å²) >= 11 is 5.82. The number of aromatic nitrogens is 1. The largest absolute Gasteiger partial charge is 0.573 e. The summed E-state index contributed by atoms with van der Waals surface area (Å²) in [5.74, 6) is 0.647. The van der Waals surface area contributed by atoms with E-state index in [1.165, 1.54) is 24.3 Å². The third-order valence-electron chi connectivity index (χ3n) is 7.16. The van der Waals surface area contributed by atoms with Crippen LogP contribution in [0.1, 0.15) is 16.7 Å². The topological polar surface area (TPSA) is 90.8 Å². The molecule has 256 valence electrons. The number of benzene rings is 5. The van der Waals surface area contributed by atoms with Crippen LogP contribution < -0.4 is 24.8 Å². The van der Waals surface area contributed by atoms with Gasteiger partial charge in [-0.1, -0.05) is 72.3 Å². The number of alkyl halides is 3. The zero-order valence-corrected chi connectivity index (χ0v) is 27.4. The number of rotatable bonds is 8. The number of nitrogens with one attached hydrogen (secondary N) is 2. The fraction of sp³-hybridized carbons (Fsp3) is 0.105. The van der Waals surface area contributed by atoms with E-state index in [4.69, 9.17) is 21.1 Å². The molecule has 1 heterocycles. The molecule has 0 saturated heterocycles. The van der Waals surface area contributed by atoms with E-state index in [1.807, 2.05) is 96.7 Å². The van der Waals surface area contributed by atoms with Crippen molar-refractivity contribution in [2.45, 2.75) is 26.4 Å². The first kappa shape index (κ1) is 35.4. The highest BCUT2D eigenvalue weighted by molar-refractivity contribution is 6.30. The van der Waals surface area contributed by atoms with Gasteiger partial charge in [-0.05, 0) is 89.7 Å². The second-order valence-electron chi connectivity index (χ2n) is 10.8. The minimum absolute atomic E-state index is 0.106. The highest BCUT2D eigenvalue weighted by Gasteiger charge is 2.31. The standard InChI is InChI=1S/C20H16F3NO3.C18H15ClN2O2/c1-13-6-9-15-4-2-3-5-17(15)18(13)26-19(25)24-12-14-7-10-16(11-8-14)27-20(21,22)23;19-15-5-3-14(4-6-15)13-20-18(22)23-17-9-7-16(8-10-17)21-11-1-2-12-21/h2-11H,12H2,1H3,(H,24,25);1-12H,13H2,(H,20,22). The molecule has 0 aliphatic heterocycles. The average molecular weight is 702 g/mol. The number of amides is 2. The quantitative estimate of drug-likeness (QED) is 0.165. The number of ether oxygens (including phenoxy) is 3. The Morgan fingerprint density at radius 3 is 1.86 bits per heavy atom. The van der Waals surface area contributed by atoms with E-state index in [9.17, 15) is 22.8 Å². The number of carbonyl (C=O) groups is 2. The normalized spacial score (nSPS) is 10.8. The summed E-state index contributed by atoms with van der Waals surface area (Å²) in [6, 6.07) is 35.1. The lowest BCUT2D eigenvalue weighted by molar-refractivity contribution is -0.274. The minimum Gasteiger partial charge on any atom is -0.410 e. The van der Waals surface area contributed by atoms with Gasteiger partial charge in [0.1, 0.15) is 17.2 Å². The zero-order chi connectivity index (χ0) is 35.5. The molecular formula is C38H31ClF3N3O5. The van der Waals surface area contributed by atoms with Crippen molar-refractivity contribution in [2.24, 2.45) is 0 Å². The molecule has 6 rings (SSSR count). The number of carbonyl (C=O) groups excluding carboxylic acids is 2. The van der Waals surface area contributed by atoms with Crippen molar-refractivity contribution in [1.82, 2.24) is 15.2 Å². The van der Waals surface area contributed by atoms with Crippen LogP contribution in [0.4, 0.5) is 22.8 Å². The smallest absolute Gasteiger partial charge is 0.410 e. The fourth-order valence-electron chi connectivity index (χ4n) is 4.71. The van der Waals surface area contributed by atoms with E-state index < -0.39 is 18.5 Å². The summed E-state index contributed by atoms with van der Waals surface area (Å²) in [5.41, 5.74) is 3.38. The van der Waals surface area contributed by atoms with Crippen molar-refractivity contribution >= 4 is 34.6 Å². The number of fused-ring (bicyclic) bond motifs is 1. The summed E-state index contributed by atoms with van der Waals surface area (Å²) in [6.45, 7) is 2.33. The summed E-state index contributed by atoms with van der Waals surface area (Å²) in [7, 11) is 0. The van der Waals surface area contributed by atoms with Crippen LogP contribution in [0.15, 0.2) is 134 Å². The molecule has 0 bridgehead atoms. The van der Waals surface area contributed by atoms with Crippen LogP contribution in [0.2, 0.25) is 5.02 Å². The third kappa shape index (κ3) is 10.5. The van der Waals surface area contributed by atoms with Crippen molar-refractivity contribution in [2.75, 3.05) is 0 Å². The average Bonchev–Trinajstić information content (AvgIpc) is 3.64. The van der Waals surface area contributed by atoms with Crippen molar-refractivity contribution in [3.8, 4) is 22.9 Å². The van der Waals surface area contributed by atoms with Gasteiger partial charge in [0.15, 0.2) is 0 Å². The van der Waals surface area contributed by atoms with Crippen LogP contribution in [0.5, 0.6) is 17.2 Å². The maximum absolute atomic E-state index is 12.2. The first-order valence-electron chi connectivity index (χ1n) is 15.2. The Labute approximate surface area is 291 Å². The summed E-state index contributed by atoms with van der Waals surface area (Å²) in [4.78, 5) is 23.9. The molecule has 0 spiro atoms. The van der Waals surface area contributed by atoms with E-state index in [0.717, 1.165) is 27.6 Å². The molecule has 0 atom stereocenters. The minimum atomic E-state index is -4.74. The van der Waals surface area contributed by atoms with Gasteiger partial charge in [0, 0.05) is 41.6 Å². The Balaban J connectivity index is 0.000000197. The van der Waals surface area contributed by atoms with Crippen LogP contribution in [0.3, 0.4) is 0 Å². The van der Waals surface area contributed by atoms with Crippen molar-refractivity contribution in [1.29, 1.82) is 0 Å². The molecule has 0 unspecified atom stereocenters. The van der Waals surface area contributed by atoms with Gasteiger partial charge in [0.2, 0.25) is 0 Å². The van der Waals surface area contributed by atoms with Crippen molar-refractivity contribution in [3.05, 3.63) is 155 Å². The van der Waals surface area contributed by atoms with Crippen LogP contribution in [0, 0.1) is 6.92 Å². The zero-order valence-electron chi connectivity index (χ0n) is 26.6. The van der Waals surface area contributed by atoms with Gasteiger partial charge in [0.05, 0.1) is 0 Å². The summed E-state index contributed by atoms with van der Waals surface area (Å²) in [6.07, 6.45) is -1.97. The van der Waals surface area contributed by atoms with E-state index >= 15 is 0 Å². The maximum atomic E-state index is 12.2. The van der Waals surface area contributed by atoms with Crippen molar-refractivity contribution < 1.29 is 37.0 Å². The van der Waals surface area contributed by atoms with Gasteiger partial charge in [-0.2, -0.15) is 0 Å². The van der Waals surface area contributed by atoms with E-state index in [1.54, 1.807) is 24.3 Å². The van der Waals surface area contributed by atoms with Gasteiger partial charge in [0.25, 0.3) is 0 Å². The summed E-state index contributed by atoms with van der Waals surface area (Å²) in [5, 5.41) is 7.72. The van der Waals surface area contributed by atoms with Crippen LogP contribution in [-0.4, -0.2) is 23.1 Å². The molecule has 6 aromatic rings. The molecule has 0 saturated carbocycles. The summed E-state index contributed by atoms with van der Waals surface area (Å²) < 4.78 is 52.9. The third-order valence-corrected chi connectivity index (χ3v) is 7.42. The number of hydrogen-bond donors (Lipinski definition) is 2. The predicted molar refractivity (Wildman–Crippen MR) is 185 cm³/mol. The first-order chi connectivity index (χ1) is 24.0. The van der Waals surface area contributed by atoms with Gasteiger partial charge >= 0.3 is 18.5 Å².